The molecular weight excluding hydrogens is 180 g/mol. The van der Waals surface area contributed by atoms with Gasteiger partial charge in [0.25, 0.3) is 0 Å². The molecule has 0 saturated heterocycles. The molecule has 0 spiro atoms. The van der Waals surface area contributed by atoms with Crippen LogP contribution in [0.2, 0.25) is 6.04 Å². The standard InChI is InChI=1S/C6H16O3SSi/c1-4-9-11(7-2,8-3)6-5-10/h10H,4-6H2,1-3H3. The van der Waals surface area contributed by atoms with E-state index >= 15 is 0 Å². The summed E-state index contributed by atoms with van der Waals surface area (Å²) in [5.41, 5.74) is 0. The Kier molecular flexibility index (Phi) is 6.26. The van der Waals surface area contributed by atoms with Gasteiger partial charge in [-0.1, -0.05) is 0 Å². The van der Waals surface area contributed by atoms with E-state index in [0.717, 1.165) is 11.8 Å². The van der Waals surface area contributed by atoms with Crippen LogP contribution < -0.4 is 0 Å². The van der Waals surface area contributed by atoms with E-state index in [1.165, 1.54) is 0 Å². The molecule has 0 unspecified atom stereocenters. The molecule has 11 heavy (non-hydrogen) atoms. The summed E-state index contributed by atoms with van der Waals surface area (Å²) in [6, 6.07) is 0.761. The lowest BCUT2D eigenvalue weighted by Crippen LogP contribution is -2.44. The van der Waals surface area contributed by atoms with Crippen molar-refractivity contribution < 1.29 is 13.3 Å². The van der Waals surface area contributed by atoms with Crippen LogP contribution in [0.25, 0.3) is 0 Å². The monoisotopic (exact) mass is 196 g/mol. The van der Waals surface area contributed by atoms with Gasteiger partial charge in [-0.25, -0.2) is 0 Å². The summed E-state index contributed by atoms with van der Waals surface area (Å²) in [6.45, 7) is 2.56. The Bertz CT molecular complexity index is 89.8. The van der Waals surface area contributed by atoms with E-state index in [0.29, 0.717) is 6.61 Å². The second-order valence-electron chi connectivity index (χ2n) is 2.00. The molecular formula is C6H16O3SSi. The summed E-state index contributed by atoms with van der Waals surface area (Å²) in [5.74, 6) is 0.730. The molecule has 0 aliphatic carbocycles. The van der Waals surface area contributed by atoms with Crippen LogP contribution in [0.1, 0.15) is 6.92 Å². The maximum atomic E-state index is 5.41. The van der Waals surface area contributed by atoms with Crippen LogP contribution in [-0.2, 0) is 13.3 Å². The maximum absolute atomic E-state index is 5.41. The van der Waals surface area contributed by atoms with Gasteiger partial charge in [-0.05, 0) is 12.7 Å². The molecule has 0 aliphatic rings. The molecule has 5 heteroatoms. The Morgan fingerprint density at radius 3 is 2.09 bits per heavy atom. The highest BCUT2D eigenvalue weighted by molar-refractivity contribution is 7.80. The minimum absolute atomic E-state index is 0.627. The second kappa shape index (κ2) is 6.02. The van der Waals surface area contributed by atoms with E-state index in [9.17, 15) is 0 Å². The van der Waals surface area contributed by atoms with Gasteiger partial charge in [-0.2, -0.15) is 12.6 Å². The van der Waals surface area contributed by atoms with E-state index in [4.69, 9.17) is 13.3 Å². The zero-order valence-corrected chi connectivity index (χ0v) is 9.19. The van der Waals surface area contributed by atoms with Crippen molar-refractivity contribution in [2.45, 2.75) is 13.0 Å². The van der Waals surface area contributed by atoms with Gasteiger partial charge >= 0.3 is 8.80 Å². The van der Waals surface area contributed by atoms with E-state index in [-0.39, 0.29) is 0 Å². The smallest absolute Gasteiger partial charge is 0.377 e. The zero-order valence-electron chi connectivity index (χ0n) is 7.29. The molecule has 0 rings (SSSR count). The van der Waals surface area contributed by atoms with Crippen LogP contribution in [0.4, 0.5) is 0 Å². The molecule has 0 radical (unpaired) electrons. The first-order valence-corrected chi connectivity index (χ1v) is 6.16. The Morgan fingerprint density at radius 1 is 1.27 bits per heavy atom. The van der Waals surface area contributed by atoms with Crippen molar-refractivity contribution in [1.29, 1.82) is 0 Å². The van der Waals surface area contributed by atoms with Crippen LogP contribution in [0, 0.1) is 0 Å². The van der Waals surface area contributed by atoms with Gasteiger partial charge in [0.05, 0.1) is 0 Å². The normalized spacial score (nSPS) is 12.0. The molecule has 0 aromatic heterocycles. The molecule has 68 valence electrons. The van der Waals surface area contributed by atoms with Crippen LogP contribution in [0.15, 0.2) is 0 Å². The molecule has 0 amide bonds. The highest BCUT2D eigenvalue weighted by Crippen LogP contribution is 2.13. The van der Waals surface area contributed by atoms with Crippen LogP contribution in [0.3, 0.4) is 0 Å². The molecule has 0 N–H and O–H groups in total. The Balaban J connectivity index is 3.96. The summed E-state index contributed by atoms with van der Waals surface area (Å²) in [4.78, 5) is 0. The lowest BCUT2D eigenvalue weighted by Gasteiger charge is -2.24. The first kappa shape index (κ1) is 11.4. The number of thiol groups is 1. The summed E-state index contributed by atoms with van der Waals surface area (Å²) >= 11 is 4.11. The number of hydrogen-bond donors (Lipinski definition) is 1. The Morgan fingerprint density at radius 2 is 1.82 bits per heavy atom. The van der Waals surface area contributed by atoms with Crippen molar-refractivity contribution in [1.82, 2.24) is 0 Å². The number of hydrogen-bond acceptors (Lipinski definition) is 4. The summed E-state index contributed by atoms with van der Waals surface area (Å²) in [6.07, 6.45) is 0. The lowest BCUT2D eigenvalue weighted by molar-refractivity contribution is 0.106. The highest BCUT2D eigenvalue weighted by atomic mass is 32.1. The van der Waals surface area contributed by atoms with Gasteiger partial charge in [0.2, 0.25) is 0 Å². The van der Waals surface area contributed by atoms with E-state index in [1.807, 2.05) is 6.92 Å². The van der Waals surface area contributed by atoms with Crippen molar-refractivity contribution >= 4 is 21.4 Å². The van der Waals surface area contributed by atoms with Crippen molar-refractivity contribution in [3.05, 3.63) is 0 Å². The van der Waals surface area contributed by atoms with Gasteiger partial charge in [0.15, 0.2) is 0 Å². The van der Waals surface area contributed by atoms with E-state index in [1.54, 1.807) is 14.2 Å². The van der Waals surface area contributed by atoms with Gasteiger partial charge in [-0.3, -0.25) is 0 Å². The van der Waals surface area contributed by atoms with Gasteiger partial charge in [-0.15, -0.1) is 0 Å². The lowest BCUT2D eigenvalue weighted by atomic mass is 10.9. The van der Waals surface area contributed by atoms with Crippen molar-refractivity contribution in [2.75, 3.05) is 26.6 Å². The largest absolute Gasteiger partial charge is 0.501 e. The summed E-state index contributed by atoms with van der Waals surface area (Å²) in [5, 5.41) is 0. The van der Waals surface area contributed by atoms with Crippen molar-refractivity contribution in [3.8, 4) is 0 Å². The average Bonchev–Trinajstić information content (AvgIpc) is 2.04. The molecule has 0 saturated carbocycles. The Labute approximate surface area is 74.8 Å². The predicted octanol–water partition coefficient (Wildman–Crippen LogP) is 1.18. The van der Waals surface area contributed by atoms with E-state index < -0.39 is 8.80 Å². The van der Waals surface area contributed by atoms with Crippen molar-refractivity contribution in [2.24, 2.45) is 0 Å². The fourth-order valence-corrected chi connectivity index (χ4v) is 3.32. The second-order valence-corrected chi connectivity index (χ2v) is 5.42. The first-order valence-electron chi connectivity index (χ1n) is 3.59. The first-order chi connectivity index (χ1) is 5.24. The summed E-state index contributed by atoms with van der Waals surface area (Å²) in [7, 11) is 0.920. The van der Waals surface area contributed by atoms with Gasteiger partial charge in [0, 0.05) is 26.9 Å². The maximum Gasteiger partial charge on any atom is 0.501 e. The average molecular weight is 196 g/mol. The van der Waals surface area contributed by atoms with Crippen molar-refractivity contribution in [3.63, 3.8) is 0 Å². The third-order valence-electron chi connectivity index (χ3n) is 1.40. The van der Waals surface area contributed by atoms with Crippen LogP contribution >= 0.6 is 12.6 Å². The SMILES string of the molecule is CCO[Si](CCS)(OC)OC. The van der Waals surface area contributed by atoms with Crippen LogP contribution in [0.5, 0.6) is 0 Å². The topological polar surface area (TPSA) is 27.7 Å². The quantitative estimate of drug-likeness (QED) is 0.511. The molecule has 0 aromatic carbocycles. The van der Waals surface area contributed by atoms with Gasteiger partial charge < -0.3 is 13.3 Å². The molecule has 3 nitrogen and oxygen atoms in total. The Hall–Kier alpha value is 0.447. The zero-order chi connectivity index (χ0) is 8.74. The van der Waals surface area contributed by atoms with E-state index in [2.05, 4.69) is 12.6 Å². The van der Waals surface area contributed by atoms with Gasteiger partial charge in [0.1, 0.15) is 0 Å². The number of rotatable bonds is 6. The molecule has 0 aromatic rings. The molecule has 0 bridgehead atoms. The molecule has 0 heterocycles. The fourth-order valence-electron chi connectivity index (χ4n) is 0.834. The molecule has 0 aliphatic heterocycles. The van der Waals surface area contributed by atoms with Crippen LogP contribution in [-0.4, -0.2) is 35.4 Å². The third kappa shape index (κ3) is 3.57. The minimum atomic E-state index is -2.32. The third-order valence-corrected chi connectivity index (χ3v) is 4.88. The minimum Gasteiger partial charge on any atom is -0.377 e. The molecule has 0 atom stereocenters. The fraction of sp³-hybridized carbons (Fsp3) is 1.00. The highest BCUT2D eigenvalue weighted by Gasteiger charge is 2.37. The predicted molar refractivity (Wildman–Crippen MR) is 50.1 cm³/mol. The summed E-state index contributed by atoms with van der Waals surface area (Å²) < 4.78 is 15.8. The molecule has 0 fully saturated rings.